The zero-order valence-electron chi connectivity index (χ0n) is 11.5. The first kappa shape index (κ1) is 13.8. The van der Waals surface area contributed by atoms with Gasteiger partial charge in [-0.1, -0.05) is 31.0 Å². The Balaban J connectivity index is 2.14. The van der Waals surface area contributed by atoms with Crippen LogP contribution in [0.5, 0.6) is 0 Å². The van der Waals surface area contributed by atoms with Crippen molar-refractivity contribution in [3.05, 3.63) is 30.0 Å². The van der Waals surface area contributed by atoms with Crippen molar-refractivity contribution in [2.45, 2.75) is 31.2 Å². The fourth-order valence-electron chi connectivity index (χ4n) is 2.97. The molecule has 21 heavy (non-hydrogen) atoms. The summed E-state index contributed by atoms with van der Waals surface area (Å²) in [6.07, 6.45) is 3.68. The number of benzene rings is 1. The standard InChI is InChI=1S/C15H17N3O3/c19-9-15(7-3-4-8-15)16-12-10-5-1-2-6-11(10)17-18-13(12)14(20)21/h1-2,5-6,19H,3-4,7-9H2,(H,16,17)(H,20,21). The third kappa shape index (κ3) is 2.42. The van der Waals surface area contributed by atoms with Crippen LogP contribution >= 0.6 is 0 Å². The second kappa shape index (κ2) is 5.29. The van der Waals surface area contributed by atoms with E-state index in [1.165, 1.54) is 0 Å². The number of aromatic nitrogens is 2. The molecule has 110 valence electrons. The van der Waals surface area contributed by atoms with E-state index in [1.54, 1.807) is 6.07 Å². The molecular weight excluding hydrogens is 270 g/mol. The first-order chi connectivity index (χ1) is 10.2. The predicted molar refractivity (Wildman–Crippen MR) is 78.4 cm³/mol. The third-order valence-corrected chi connectivity index (χ3v) is 4.12. The van der Waals surface area contributed by atoms with Gasteiger partial charge < -0.3 is 15.5 Å². The van der Waals surface area contributed by atoms with Crippen molar-refractivity contribution in [2.75, 3.05) is 11.9 Å². The maximum Gasteiger partial charge on any atom is 0.358 e. The number of carboxylic acid groups (broad SMARTS) is 1. The number of nitrogens with one attached hydrogen (secondary N) is 1. The number of hydrogen-bond donors (Lipinski definition) is 3. The number of carboxylic acids is 1. The molecule has 1 aliphatic rings. The zero-order chi connectivity index (χ0) is 14.9. The number of anilines is 1. The molecule has 0 saturated heterocycles. The van der Waals surface area contributed by atoms with Crippen LogP contribution in [0.4, 0.5) is 5.69 Å². The van der Waals surface area contributed by atoms with Gasteiger partial charge in [-0.25, -0.2) is 4.79 Å². The third-order valence-electron chi connectivity index (χ3n) is 4.12. The Morgan fingerprint density at radius 1 is 1.24 bits per heavy atom. The second-order valence-electron chi connectivity index (χ2n) is 5.52. The molecule has 1 aromatic carbocycles. The number of nitrogens with zero attached hydrogens (tertiary/aromatic N) is 2. The normalized spacial score (nSPS) is 17.0. The average molecular weight is 287 g/mol. The molecule has 1 fully saturated rings. The van der Waals surface area contributed by atoms with Crippen LogP contribution < -0.4 is 5.32 Å². The summed E-state index contributed by atoms with van der Waals surface area (Å²) < 4.78 is 0. The predicted octanol–water partition coefficient (Wildman–Crippen LogP) is 2.04. The molecule has 0 unspecified atom stereocenters. The van der Waals surface area contributed by atoms with E-state index in [0.29, 0.717) is 16.6 Å². The van der Waals surface area contributed by atoms with Gasteiger partial charge in [-0.2, -0.15) is 0 Å². The number of aliphatic hydroxyl groups is 1. The monoisotopic (exact) mass is 287 g/mol. The molecular formula is C15H17N3O3. The van der Waals surface area contributed by atoms with Gasteiger partial charge in [0, 0.05) is 5.39 Å². The first-order valence-electron chi connectivity index (χ1n) is 7.03. The van der Waals surface area contributed by atoms with Gasteiger partial charge in [0.1, 0.15) is 0 Å². The second-order valence-corrected chi connectivity index (χ2v) is 5.52. The SMILES string of the molecule is O=C(O)c1nnc2ccccc2c1NC1(CO)CCCC1. The highest BCUT2D eigenvalue weighted by Crippen LogP contribution is 2.35. The van der Waals surface area contributed by atoms with E-state index in [2.05, 4.69) is 15.5 Å². The molecule has 1 saturated carbocycles. The highest BCUT2D eigenvalue weighted by molar-refractivity contribution is 6.02. The molecule has 1 heterocycles. The maximum atomic E-state index is 11.4. The van der Waals surface area contributed by atoms with Crippen molar-refractivity contribution in [3.63, 3.8) is 0 Å². The molecule has 0 amide bonds. The van der Waals surface area contributed by atoms with Crippen molar-refractivity contribution >= 4 is 22.6 Å². The summed E-state index contributed by atoms with van der Waals surface area (Å²) in [6, 6.07) is 7.28. The number of rotatable bonds is 4. The molecule has 2 aromatic rings. The molecule has 6 nitrogen and oxygen atoms in total. The van der Waals surface area contributed by atoms with Gasteiger partial charge in [-0.3, -0.25) is 0 Å². The number of fused-ring (bicyclic) bond motifs is 1. The summed E-state index contributed by atoms with van der Waals surface area (Å²) in [5.41, 5.74) is 0.518. The van der Waals surface area contributed by atoms with Gasteiger partial charge in [-0.05, 0) is 18.9 Å². The fourth-order valence-corrected chi connectivity index (χ4v) is 2.97. The summed E-state index contributed by atoms with van der Waals surface area (Å²) in [6.45, 7) is -0.0251. The Morgan fingerprint density at radius 3 is 2.62 bits per heavy atom. The summed E-state index contributed by atoms with van der Waals surface area (Å²) in [5, 5.41) is 30.8. The highest BCUT2D eigenvalue weighted by atomic mass is 16.4. The molecule has 0 bridgehead atoms. The van der Waals surface area contributed by atoms with Crippen LogP contribution in [0.15, 0.2) is 24.3 Å². The lowest BCUT2D eigenvalue weighted by Gasteiger charge is -2.30. The molecule has 3 N–H and O–H groups in total. The van der Waals surface area contributed by atoms with Crippen LogP contribution in [0.25, 0.3) is 10.9 Å². The fraction of sp³-hybridized carbons (Fsp3) is 0.400. The van der Waals surface area contributed by atoms with Crippen molar-refractivity contribution in [1.29, 1.82) is 0 Å². The summed E-state index contributed by atoms with van der Waals surface area (Å²) in [7, 11) is 0. The van der Waals surface area contributed by atoms with Crippen molar-refractivity contribution in [3.8, 4) is 0 Å². The van der Waals surface area contributed by atoms with Gasteiger partial charge in [0.2, 0.25) is 0 Å². The Hall–Kier alpha value is -2.21. The Labute approximate surface area is 121 Å². The minimum absolute atomic E-state index is 0.0251. The van der Waals surface area contributed by atoms with Gasteiger partial charge in [-0.15, -0.1) is 10.2 Å². The van der Waals surface area contributed by atoms with Crippen LogP contribution in [0.2, 0.25) is 0 Å². The first-order valence-corrected chi connectivity index (χ1v) is 7.03. The number of aliphatic hydroxyl groups excluding tert-OH is 1. The number of carbonyl (C=O) groups is 1. The topological polar surface area (TPSA) is 95.3 Å². The molecule has 3 rings (SSSR count). The molecule has 0 atom stereocenters. The molecule has 1 aromatic heterocycles. The van der Waals surface area contributed by atoms with Crippen LogP contribution in [0, 0.1) is 0 Å². The van der Waals surface area contributed by atoms with Gasteiger partial charge >= 0.3 is 5.97 Å². The lowest BCUT2D eigenvalue weighted by atomic mass is 9.97. The summed E-state index contributed by atoms with van der Waals surface area (Å²) in [5.74, 6) is -1.12. The Kier molecular flexibility index (Phi) is 3.47. The van der Waals surface area contributed by atoms with Crippen LogP contribution in [-0.2, 0) is 0 Å². The highest BCUT2D eigenvalue weighted by Gasteiger charge is 2.35. The van der Waals surface area contributed by atoms with E-state index in [-0.39, 0.29) is 12.3 Å². The van der Waals surface area contributed by atoms with Crippen molar-refractivity contribution < 1.29 is 15.0 Å². The van der Waals surface area contributed by atoms with Gasteiger partial charge in [0.05, 0.1) is 23.3 Å². The van der Waals surface area contributed by atoms with E-state index in [9.17, 15) is 15.0 Å². The lowest BCUT2D eigenvalue weighted by Crippen LogP contribution is -2.39. The lowest BCUT2D eigenvalue weighted by molar-refractivity contribution is 0.0690. The quantitative estimate of drug-likeness (QED) is 0.796. The Bertz CT molecular complexity index is 681. The molecule has 6 heteroatoms. The van der Waals surface area contributed by atoms with Crippen LogP contribution in [0.3, 0.4) is 0 Å². The zero-order valence-corrected chi connectivity index (χ0v) is 11.5. The minimum atomic E-state index is -1.12. The van der Waals surface area contributed by atoms with E-state index in [0.717, 1.165) is 25.7 Å². The van der Waals surface area contributed by atoms with E-state index >= 15 is 0 Å². The number of hydrogen-bond acceptors (Lipinski definition) is 5. The van der Waals surface area contributed by atoms with Gasteiger partial charge in [0.25, 0.3) is 0 Å². The number of aromatic carboxylic acids is 1. The Morgan fingerprint density at radius 2 is 1.95 bits per heavy atom. The largest absolute Gasteiger partial charge is 0.476 e. The van der Waals surface area contributed by atoms with Crippen LogP contribution in [-0.4, -0.2) is 38.5 Å². The molecule has 0 spiro atoms. The van der Waals surface area contributed by atoms with Crippen molar-refractivity contribution in [2.24, 2.45) is 0 Å². The summed E-state index contributed by atoms with van der Waals surface area (Å²) >= 11 is 0. The van der Waals surface area contributed by atoms with Crippen molar-refractivity contribution in [1.82, 2.24) is 10.2 Å². The maximum absolute atomic E-state index is 11.4. The minimum Gasteiger partial charge on any atom is -0.476 e. The van der Waals surface area contributed by atoms with E-state index in [4.69, 9.17) is 0 Å². The smallest absolute Gasteiger partial charge is 0.358 e. The van der Waals surface area contributed by atoms with E-state index in [1.807, 2.05) is 18.2 Å². The average Bonchev–Trinajstić information content (AvgIpc) is 2.96. The van der Waals surface area contributed by atoms with Gasteiger partial charge in [0.15, 0.2) is 5.69 Å². The summed E-state index contributed by atoms with van der Waals surface area (Å²) in [4.78, 5) is 11.4. The van der Waals surface area contributed by atoms with Crippen LogP contribution in [0.1, 0.15) is 36.2 Å². The molecule has 0 aliphatic heterocycles. The van der Waals surface area contributed by atoms with E-state index < -0.39 is 11.5 Å². The molecule has 1 aliphatic carbocycles. The molecule has 0 radical (unpaired) electrons.